The number of nitrogens with one attached hydrogen (secondary N) is 1. The molecule has 1 unspecified atom stereocenters. The lowest BCUT2D eigenvalue weighted by atomic mass is 10.1. The van der Waals surface area contributed by atoms with Gasteiger partial charge < -0.3 is 15.0 Å². The van der Waals surface area contributed by atoms with Crippen molar-refractivity contribution >= 4 is 17.3 Å². The summed E-state index contributed by atoms with van der Waals surface area (Å²) in [5.41, 5.74) is 1.13. The summed E-state index contributed by atoms with van der Waals surface area (Å²) in [5, 5.41) is 4.57. The molecule has 3 heterocycles. The van der Waals surface area contributed by atoms with Crippen molar-refractivity contribution in [3.63, 3.8) is 0 Å². The van der Waals surface area contributed by atoms with Crippen LogP contribution in [0.2, 0.25) is 0 Å². The van der Waals surface area contributed by atoms with E-state index in [9.17, 15) is 0 Å². The van der Waals surface area contributed by atoms with Crippen molar-refractivity contribution in [3.8, 4) is 0 Å². The fourth-order valence-electron chi connectivity index (χ4n) is 3.50. The zero-order valence-electron chi connectivity index (χ0n) is 15.8. The number of thiazole rings is 1. The van der Waals surface area contributed by atoms with Gasteiger partial charge in [-0.15, -0.1) is 11.3 Å². The fraction of sp³-hybridized carbons (Fsp3) is 0.778. The Morgan fingerprint density at radius 1 is 1.32 bits per heavy atom. The fourth-order valence-corrected chi connectivity index (χ4v) is 4.36. The van der Waals surface area contributed by atoms with Crippen LogP contribution in [-0.2, 0) is 11.3 Å². The number of nitrogens with zero attached hydrogens (tertiary/aromatic N) is 4. The molecule has 0 aliphatic carbocycles. The van der Waals surface area contributed by atoms with Gasteiger partial charge in [0.05, 0.1) is 25.5 Å². The van der Waals surface area contributed by atoms with E-state index in [4.69, 9.17) is 9.73 Å². The van der Waals surface area contributed by atoms with Crippen molar-refractivity contribution in [1.29, 1.82) is 0 Å². The van der Waals surface area contributed by atoms with E-state index in [1.807, 2.05) is 0 Å². The van der Waals surface area contributed by atoms with Gasteiger partial charge in [0, 0.05) is 44.1 Å². The number of guanidine groups is 1. The zero-order chi connectivity index (χ0) is 17.6. The maximum absolute atomic E-state index is 5.45. The van der Waals surface area contributed by atoms with Crippen LogP contribution >= 0.6 is 11.3 Å². The average molecular weight is 366 g/mol. The van der Waals surface area contributed by atoms with Crippen LogP contribution in [0.3, 0.4) is 0 Å². The highest BCUT2D eigenvalue weighted by molar-refractivity contribution is 7.11. The standard InChI is InChI=1S/C18H31N5OS/c1-4-19-18(20-11-17-21-14(2)15(3)25-17)23-6-5-16(13-23)12-22-7-9-24-10-8-22/h16H,4-13H2,1-3H3,(H,19,20). The molecule has 2 fully saturated rings. The zero-order valence-corrected chi connectivity index (χ0v) is 16.6. The Kier molecular flexibility index (Phi) is 6.67. The summed E-state index contributed by atoms with van der Waals surface area (Å²) in [5.74, 6) is 1.77. The molecule has 0 bridgehead atoms. The molecular formula is C18H31N5OS. The topological polar surface area (TPSA) is 53.0 Å². The van der Waals surface area contributed by atoms with Gasteiger partial charge in [-0.2, -0.15) is 0 Å². The summed E-state index contributed by atoms with van der Waals surface area (Å²) >= 11 is 1.76. The molecule has 2 aliphatic heterocycles. The molecule has 2 saturated heterocycles. The first kappa shape index (κ1) is 18.6. The molecule has 140 valence electrons. The average Bonchev–Trinajstić information content (AvgIpc) is 3.19. The van der Waals surface area contributed by atoms with E-state index >= 15 is 0 Å². The quantitative estimate of drug-likeness (QED) is 0.638. The van der Waals surface area contributed by atoms with Crippen LogP contribution in [0.4, 0.5) is 0 Å². The molecule has 0 aromatic carbocycles. The summed E-state index contributed by atoms with van der Waals surface area (Å²) in [7, 11) is 0. The van der Waals surface area contributed by atoms with E-state index in [1.54, 1.807) is 11.3 Å². The van der Waals surface area contributed by atoms with E-state index in [0.29, 0.717) is 6.54 Å². The second kappa shape index (κ2) is 8.96. The lowest BCUT2D eigenvalue weighted by molar-refractivity contribution is 0.0315. The SMILES string of the molecule is CCNC(=NCc1nc(C)c(C)s1)N1CCC(CN2CCOCC2)C1. The molecule has 25 heavy (non-hydrogen) atoms. The molecule has 0 saturated carbocycles. The third-order valence-corrected chi connectivity index (χ3v) is 6.03. The molecule has 1 N–H and O–H groups in total. The number of aromatic nitrogens is 1. The Hall–Kier alpha value is -1.18. The molecule has 1 aromatic heterocycles. The number of aryl methyl sites for hydroxylation is 2. The van der Waals surface area contributed by atoms with E-state index in [2.05, 4.69) is 40.9 Å². The first-order valence-electron chi connectivity index (χ1n) is 9.42. The van der Waals surface area contributed by atoms with Crippen LogP contribution in [0.5, 0.6) is 0 Å². The van der Waals surface area contributed by atoms with Gasteiger partial charge in [0.15, 0.2) is 5.96 Å². The second-order valence-electron chi connectivity index (χ2n) is 6.93. The minimum absolute atomic E-state index is 0.673. The molecule has 2 aliphatic rings. The Labute approximate surface area is 155 Å². The Morgan fingerprint density at radius 3 is 2.80 bits per heavy atom. The van der Waals surface area contributed by atoms with Crippen LogP contribution in [0.1, 0.15) is 28.9 Å². The lowest BCUT2D eigenvalue weighted by Gasteiger charge is -2.29. The van der Waals surface area contributed by atoms with Gasteiger partial charge in [-0.3, -0.25) is 4.90 Å². The number of hydrogen-bond acceptors (Lipinski definition) is 5. The highest BCUT2D eigenvalue weighted by Crippen LogP contribution is 2.20. The molecule has 7 heteroatoms. The van der Waals surface area contributed by atoms with Gasteiger partial charge in [-0.25, -0.2) is 9.98 Å². The van der Waals surface area contributed by atoms with Crippen LogP contribution in [-0.4, -0.2) is 73.2 Å². The van der Waals surface area contributed by atoms with E-state index in [0.717, 1.165) is 68.5 Å². The van der Waals surface area contributed by atoms with E-state index < -0.39 is 0 Å². The van der Waals surface area contributed by atoms with Gasteiger partial charge in [0.2, 0.25) is 0 Å². The van der Waals surface area contributed by atoms with Crippen LogP contribution in [0, 0.1) is 19.8 Å². The number of morpholine rings is 1. The van der Waals surface area contributed by atoms with Crippen molar-refractivity contribution in [2.45, 2.75) is 33.7 Å². The molecule has 6 nitrogen and oxygen atoms in total. The van der Waals surface area contributed by atoms with Crippen LogP contribution < -0.4 is 5.32 Å². The normalized spacial score (nSPS) is 22.6. The highest BCUT2D eigenvalue weighted by Gasteiger charge is 2.27. The summed E-state index contributed by atoms with van der Waals surface area (Å²) in [6, 6.07) is 0. The monoisotopic (exact) mass is 365 g/mol. The maximum Gasteiger partial charge on any atom is 0.194 e. The summed E-state index contributed by atoms with van der Waals surface area (Å²) in [6.07, 6.45) is 1.25. The number of rotatable bonds is 5. The van der Waals surface area contributed by atoms with Crippen molar-refractivity contribution in [2.75, 3.05) is 52.5 Å². The van der Waals surface area contributed by atoms with Gasteiger partial charge in [-0.05, 0) is 33.1 Å². The summed E-state index contributed by atoms with van der Waals surface area (Å²) in [4.78, 5) is 15.7. The highest BCUT2D eigenvalue weighted by atomic mass is 32.1. The molecule has 3 rings (SSSR count). The van der Waals surface area contributed by atoms with Crippen molar-refractivity contribution < 1.29 is 4.74 Å². The maximum atomic E-state index is 5.45. The largest absolute Gasteiger partial charge is 0.379 e. The Balaban J connectivity index is 1.55. The summed E-state index contributed by atoms with van der Waals surface area (Å²) in [6.45, 7) is 15.2. The van der Waals surface area contributed by atoms with Gasteiger partial charge >= 0.3 is 0 Å². The first-order chi connectivity index (χ1) is 12.2. The molecule has 1 atom stereocenters. The number of hydrogen-bond donors (Lipinski definition) is 1. The predicted molar refractivity (Wildman–Crippen MR) is 103 cm³/mol. The smallest absolute Gasteiger partial charge is 0.194 e. The predicted octanol–water partition coefficient (Wildman–Crippen LogP) is 1.88. The molecule has 1 aromatic rings. The van der Waals surface area contributed by atoms with E-state index in [1.165, 1.54) is 17.8 Å². The molecule has 0 spiro atoms. The number of likely N-dealkylation sites (tertiary alicyclic amines) is 1. The van der Waals surface area contributed by atoms with Gasteiger partial charge in [-0.1, -0.05) is 0 Å². The summed E-state index contributed by atoms with van der Waals surface area (Å²) < 4.78 is 5.45. The molecule has 0 radical (unpaired) electrons. The third kappa shape index (κ3) is 5.15. The van der Waals surface area contributed by atoms with Crippen molar-refractivity contribution in [3.05, 3.63) is 15.6 Å². The Morgan fingerprint density at radius 2 is 2.12 bits per heavy atom. The Bertz CT molecular complexity index is 563. The van der Waals surface area contributed by atoms with Gasteiger partial charge in [0.25, 0.3) is 0 Å². The number of aliphatic imine (C=N–C) groups is 1. The van der Waals surface area contributed by atoms with Crippen molar-refractivity contribution in [2.24, 2.45) is 10.9 Å². The molecular weight excluding hydrogens is 334 g/mol. The second-order valence-corrected chi connectivity index (χ2v) is 8.22. The minimum atomic E-state index is 0.673. The van der Waals surface area contributed by atoms with Gasteiger partial charge in [0.1, 0.15) is 5.01 Å². The third-order valence-electron chi connectivity index (χ3n) is 4.98. The molecule has 0 amide bonds. The van der Waals surface area contributed by atoms with Crippen LogP contribution in [0.15, 0.2) is 4.99 Å². The van der Waals surface area contributed by atoms with E-state index in [-0.39, 0.29) is 0 Å². The van der Waals surface area contributed by atoms with Crippen LogP contribution in [0.25, 0.3) is 0 Å². The lowest BCUT2D eigenvalue weighted by Crippen LogP contribution is -2.42. The minimum Gasteiger partial charge on any atom is -0.379 e. The number of ether oxygens (including phenoxy) is 1. The van der Waals surface area contributed by atoms with Crippen molar-refractivity contribution in [1.82, 2.24) is 20.1 Å². The first-order valence-corrected chi connectivity index (χ1v) is 10.2.